The number of nitrogens with two attached hydrogens (primary N) is 1. The molecule has 1 aromatic rings. The lowest BCUT2D eigenvalue weighted by molar-refractivity contribution is 0.285. The first-order valence-corrected chi connectivity index (χ1v) is 12.7. The van der Waals surface area contributed by atoms with Gasteiger partial charge >= 0.3 is 0 Å². The van der Waals surface area contributed by atoms with E-state index < -0.39 is 15.7 Å². The molecule has 166 valence electrons. The Kier molecular flexibility index (Phi) is 7.68. The fraction of sp³-hybridized carbons (Fsp3) is 0.619. The largest absolute Gasteiger partial charge is 0.490 e. The Hall–Kier alpha value is -1.74. The average Bonchev–Trinajstić information content (AvgIpc) is 3.44. The highest BCUT2D eigenvalue weighted by atomic mass is 32.2. The van der Waals surface area contributed by atoms with Crippen LogP contribution in [0.25, 0.3) is 0 Å². The number of hydrogen-bond acceptors (Lipinski definition) is 6. The van der Waals surface area contributed by atoms with Gasteiger partial charge in [0.15, 0.2) is 27.4 Å². The Morgan fingerprint density at radius 2 is 2.10 bits per heavy atom. The number of unbranched alkanes of at least 4 members (excludes halogenated alkanes) is 2. The van der Waals surface area contributed by atoms with Crippen LogP contribution in [-0.2, 0) is 9.84 Å². The van der Waals surface area contributed by atoms with Crippen LogP contribution in [0, 0.1) is 11.7 Å². The third kappa shape index (κ3) is 6.91. The van der Waals surface area contributed by atoms with Gasteiger partial charge in [-0.05, 0) is 55.2 Å². The van der Waals surface area contributed by atoms with Crippen LogP contribution in [0.5, 0.6) is 5.75 Å². The minimum Gasteiger partial charge on any atom is -0.490 e. The summed E-state index contributed by atoms with van der Waals surface area (Å²) in [6, 6.07) is 4.65. The number of sulfone groups is 1. The fourth-order valence-corrected chi connectivity index (χ4v) is 5.48. The molecule has 1 aliphatic heterocycles. The van der Waals surface area contributed by atoms with Crippen molar-refractivity contribution in [3.05, 3.63) is 29.6 Å². The van der Waals surface area contributed by atoms with Crippen molar-refractivity contribution in [1.29, 1.82) is 0 Å². The number of aliphatic imine (C=N–C) groups is 1. The molecular formula is C21H30FN3O3S2. The summed E-state index contributed by atoms with van der Waals surface area (Å²) in [4.78, 5) is 6.53. The van der Waals surface area contributed by atoms with Crippen LogP contribution >= 0.6 is 12.2 Å². The number of ether oxygens (including phenoxy) is 1. The van der Waals surface area contributed by atoms with Crippen LogP contribution in [0.15, 0.2) is 23.2 Å². The van der Waals surface area contributed by atoms with Crippen molar-refractivity contribution in [2.45, 2.75) is 44.9 Å². The number of benzene rings is 1. The maximum absolute atomic E-state index is 14.0. The Balaban J connectivity index is 1.42. The van der Waals surface area contributed by atoms with Crippen LogP contribution in [0.2, 0.25) is 0 Å². The minimum absolute atomic E-state index is 0.0424. The SMILES string of the molecule is C[C@@H](CS(=O)(=O)CCCCCN1CC(=S)N=C1N)c1ccc(F)c(OCC2CC2)c1. The van der Waals surface area contributed by atoms with Gasteiger partial charge in [0.25, 0.3) is 0 Å². The second kappa shape index (κ2) is 10.0. The molecule has 3 rings (SSSR count). The zero-order valence-corrected chi connectivity index (χ0v) is 19.0. The molecule has 9 heteroatoms. The van der Waals surface area contributed by atoms with Gasteiger partial charge in [0.1, 0.15) is 4.99 Å². The van der Waals surface area contributed by atoms with Gasteiger partial charge in [0.2, 0.25) is 0 Å². The smallest absolute Gasteiger partial charge is 0.197 e. The quantitative estimate of drug-likeness (QED) is 0.385. The predicted octanol–water partition coefficient (Wildman–Crippen LogP) is 3.26. The molecule has 0 saturated heterocycles. The van der Waals surface area contributed by atoms with Crippen molar-refractivity contribution in [2.75, 3.05) is 31.2 Å². The summed E-state index contributed by atoms with van der Waals surface area (Å²) in [7, 11) is -3.20. The summed E-state index contributed by atoms with van der Waals surface area (Å²) < 4.78 is 44.6. The highest BCUT2D eigenvalue weighted by Crippen LogP contribution is 2.31. The third-order valence-electron chi connectivity index (χ3n) is 5.47. The summed E-state index contributed by atoms with van der Waals surface area (Å²) in [5.41, 5.74) is 6.56. The number of thiocarbonyl (C=S) groups is 1. The van der Waals surface area contributed by atoms with Crippen molar-refractivity contribution in [2.24, 2.45) is 16.6 Å². The van der Waals surface area contributed by atoms with E-state index in [1.54, 1.807) is 12.1 Å². The first-order valence-electron chi connectivity index (χ1n) is 10.5. The number of nitrogens with zero attached hydrogens (tertiary/aromatic N) is 2. The molecule has 1 fully saturated rings. The van der Waals surface area contributed by atoms with Crippen LogP contribution in [-0.4, -0.2) is 55.5 Å². The van der Waals surface area contributed by atoms with Gasteiger partial charge in [-0.25, -0.2) is 17.8 Å². The molecule has 1 aliphatic carbocycles. The van der Waals surface area contributed by atoms with Gasteiger partial charge in [0, 0.05) is 6.54 Å². The molecule has 1 aromatic carbocycles. The number of guanidine groups is 1. The number of halogens is 1. The standard InChI is InChI=1S/C21H30FN3O3S2/c1-15(17-7-8-18(22)19(11-17)28-13-16-5-6-16)14-30(26,27)10-4-2-3-9-25-12-20(29)24-21(25)23/h7-8,11,15-16H,2-6,9-10,12-14H2,1H3,(H2,23,24,29)/t15-/m0/s1. The topological polar surface area (TPSA) is 85.0 Å². The maximum atomic E-state index is 14.0. The maximum Gasteiger partial charge on any atom is 0.197 e. The van der Waals surface area contributed by atoms with E-state index in [-0.39, 0.29) is 23.2 Å². The van der Waals surface area contributed by atoms with E-state index in [0.29, 0.717) is 36.4 Å². The van der Waals surface area contributed by atoms with Crippen molar-refractivity contribution in [1.82, 2.24) is 4.90 Å². The van der Waals surface area contributed by atoms with Crippen molar-refractivity contribution in [3.63, 3.8) is 0 Å². The van der Waals surface area contributed by atoms with E-state index in [2.05, 4.69) is 4.99 Å². The van der Waals surface area contributed by atoms with Crippen LogP contribution in [0.3, 0.4) is 0 Å². The first-order chi connectivity index (χ1) is 14.2. The summed E-state index contributed by atoms with van der Waals surface area (Å²) in [5.74, 6) is 0.747. The van der Waals surface area contributed by atoms with E-state index in [4.69, 9.17) is 22.7 Å². The number of hydrogen-bond donors (Lipinski definition) is 1. The lowest BCUT2D eigenvalue weighted by atomic mass is 10.0. The van der Waals surface area contributed by atoms with E-state index in [1.165, 1.54) is 6.07 Å². The molecule has 0 unspecified atom stereocenters. The van der Waals surface area contributed by atoms with Crippen molar-refractivity contribution in [3.8, 4) is 5.75 Å². The Morgan fingerprint density at radius 1 is 1.33 bits per heavy atom. The van der Waals surface area contributed by atoms with Crippen LogP contribution in [0.4, 0.5) is 4.39 Å². The van der Waals surface area contributed by atoms with Gasteiger partial charge in [0.05, 0.1) is 24.7 Å². The molecule has 0 spiro atoms. The van der Waals surface area contributed by atoms with Gasteiger partial charge in [-0.2, -0.15) is 0 Å². The Bertz CT molecular complexity index is 901. The highest BCUT2D eigenvalue weighted by molar-refractivity contribution is 7.91. The van der Waals surface area contributed by atoms with Crippen LogP contribution < -0.4 is 10.5 Å². The average molecular weight is 456 g/mol. The second-order valence-electron chi connectivity index (χ2n) is 8.31. The third-order valence-corrected chi connectivity index (χ3v) is 7.61. The van der Waals surface area contributed by atoms with Crippen LogP contribution in [0.1, 0.15) is 50.5 Å². The molecule has 0 radical (unpaired) electrons. The lowest BCUT2D eigenvalue weighted by Crippen LogP contribution is -2.34. The lowest BCUT2D eigenvalue weighted by Gasteiger charge is -2.17. The fourth-order valence-electron chi connectivity index (χ4n) is 3.46. The van der Waals surface area contributed by atoms with Crippen molar-refractivity contribution < 1.29 is 17.5 Å². The Labute approximate surface area is 183 Å². The van der Waals surface area contributed by atoms with E-state index in [9.17, 15) is 12.8 Å². The molecule has 1 heterocycles. The molecule has 2 aliphatic rings. The molecule has 1 saturated carbocycles. The molecule has 1 atom stereocenters. The predicted molar refractivity (Wildman–Crippen MR) is 121 cm³/mol. The number of rotatable bonds is 12. The van der Waals surface area contributed by atoms with Crippen molar-refractivity contribution >= 4 is 33.0 Å². The van der Waals surface area contributed by atoms with Gasteiger partial charge in [-0.1, -0.05) is 31.6 Å². The van der Waals surface area contributed by atoms with E-state index in [0.717, 1.165) is 37.8 Å². The molecule has 0 amide bonds. The zero-order valence-electron chi connectivity index (χ0n) is 17.3. The highest BCUT2D eigenvalue weighted by Gasteiger charge is 2.23. The van der Waals surface area contributed by atoms with Gasteiger partial charge in [-0.15, -0.1) is 0 Å². The summed E-state index contributed by atoms with van der Waals surface area (Å²) in [5, 5.41) is 0. The first kappa shape index (κ1) is 22.9. The van der Waals surface area contributed by atoms with E-state index in [1.807, 2.05) is 11.8 Å². The Morgan fingerprint density at radius 3 is 2.77 bits per heavy atom. The molecule has 0 aromatic heterocycles. The summed E-state index contributed by atoms with van der Waals surface area (Å²) in [6.45, 7) is 3.67. The zero-order chi connectivity index (χ0) is 21.7. The molecule has 2 N–H and O–H groups in total. The minimum atomic E-state index is -3.20. The molecule has 6 nitrogen and oxygen atoms in total. The monoisotopic (exact) mass is 455 g/mol. The van der Waals surface area contributed by atoms with Gasteiger partial charge < -0.3 is 15.4 Å². The normalized spacial score (nSPS) is 17.9. The molecule has 30 heavy (non-hydrogen) atoms. The van der Waals surface area contributed by atoms with E-state index >= 15 is 0 Å². The summed E-state index contributed by atoms with van der Waals surface area (Å²) >= 11 is 5.03. The second-order valence-corrected chi connectivity index (χ2v) is 11.0. The molecular weight excluding hydrogens is 425 g/mol. The summed E-state index contributed by atoms with van der Waals surface area (Å²) in [6.07, 6.45) is 4.48. The van der Waals surface area contributed by atoms with Gasteiger partial charge in [-0.3, -0.25) is 0 Å². The molecule has 0 bridgehead atoms.